The maximum absolute atomic E-state index is 13.2. The molecule has 1 saturated carbocycles. The first kappa shape index (κ1) is 30.3. The van der Waals surface area contributed by atoms with Crippen LogP contribution in [0.25, 0.3) is 5.69 Å². The second-order valence-electron chi connectivity index (χ2n) is 9.50. The molecule has 0 atom stereocenters. The number of amides is 1. The Bertz CT molecular complexity index is 1330. The zero-order valence-electron chi connectivity index (χ0n) is 21.4. The highest BCUT2D eigenvalue weighted by Gasteiger charge is 2.30. The number of aryl methyl sites for hydroxylation is 2. The molecular formula is C25H29F5N4O4S. The van der Waals surface area contributed by atoms with Crippen molar-refractivity contribution in [3.63, 3.8) is 0 Å². The monoisotopic (exact) mass is 576 g/mol. The predicted octanol–water partition coefficient (Wildman–Crippen LogP) is 4.74. The number of ether oxygens (including phenoxy) is 1. The fourth-order valence-corrected chi connectivity index (χ4v) is 5.81. The van der Waals surface area contributed by atoms with Crippen molar-refractivity contribution in [1.82, 2.24) is 14.9 Å². The number of carbonyl (C=O) groups excluding carboxylic acids is 1. The molecule has 1 aliphatic carbocycles. The van der Waals surface area contributed by atoms with Crippen LogP contribution in [0.1, 0.15) is 66.6 Å². The zero-order valence-corrected chi connectivity index (χ0v) is 22.2. The highest BCUT2D eigenvalue weighted by Crippen LogP contribution is 2.32. The number of hydrogen-bond donors (Lipinski definition) is 1. The van der Waals surface area contributed by atoms with Gasteiger partial charge in [0.2, 0.25) is 0 Å². The quantitative estimate of drug-likeness (QED) is 0.409. The molecule has 0 bridgehead atoms. The summed E-state index contributed by atoms with van der Waals surface area (Å²) in [6.45, 7) is -1.38. The molecular weight excluding hydrogens is 547 g/mol. The molecule has 0 unspecified atom stereocenters. The van der Waals surface area contributed by atoms with Crippen LogP contribution in [0.3, 0.4) is 0 Å². The number of aromatic nitrogens is 2. The Kier molecular flexibility index (Phi) is 9.58. The molecule has 0 spiro atoms. The van der Waals surface area contributed by atoms with Crippen molar-refractivity contribution >= 4 is 15.7 Å². The highest BCUT2D eigenvalue weighted by atomic mass is 32.2. The maximum Gasteiger partial charge on any atom is 0.389 e. The fourth-order valence-electron chi connectivity index (χ4n) is 4.69. The van der Waals surface area contributed by atoms with Crippen LogP contribution in [-0.2, 0) is 22.7 Å². The van der Waals surface area contributed by atoms with E-state index in [1.165, 1.54) is 23.0 Å². The van der Waals surface area contributed by atoms with Gasteiger partial charge in [-0.25, -0.2) is 13.4 Å². The van der Waals surface area contributed by atoms with E-state index in [2.05, 4.69) is 15.0 Å². The Labute approximate surface area is 223 Å². The number of nitrogens with one attached hydrogen (secondary N) is 1. The van der Waals surface area contributed by atoms with Gasteiger partial charge < -0.3 is 10.1 Å². The summed E-state index contributed by atoms with van der Waals surface area (Å²) < 4.78 is 93.7. The number of sulfone groups is 1. The standard InChI is InChI=1S/C25H29F5N4O4S/c1-3-21-33-22(23(35)32-14-16-4-7-17(8-5-16)39(2,36)37)19(13-31)34(21)18-9-6-15(10-11-25(28,29)30)12-20(18)38-24(26)27/h6,9,12,16-17,24H,3-5,7-8,10-11,14H2,1-2H3,(H,32,35). The van der Waals surface area contributed by atoms with Crippen molar-refractivity contribution in [2.75, 3.05) is 12.8 Å². The summed E-state index contributed by atoms with van der Waals surface area (Å²) >= 11 is 0. The summed E-state index contributed by atoms with van der Waals surface area (Å²) in [7, 11) is -3.13. The minimum Gasteiger partial charge on any atom is -0.433 e. The predicted molar refractivity (Wildman–Crippen MR) is 132 cm³/mol. The van der Waals surface area contributed by atoms with Gasteiger partial charge in [-0.15, -0.1) is 0 Å². The SMILES string of the molecule is CCc1nc(C(=O)NCC2CCC(S(C)(=O)=O)CC2)c(C#N)n1-c1ccc(CCC(F)(F)F)cc1OC(F)F. The molecule has 1 N–H and O–H groups in total. The van der Waals surface area contributed by atoms with Crippen molar-refractivity contribution in [2.24, 2.45) is 5.92 Å². The third-order valence-corrected chi connectivity index (χ3v) is 8.40. The normalized spacial score (nSPS) is 18.1. The molecule has 1 amide bonds. The van der Waals surface area contributed by atoms with Gasteiger partial charge in [-0.05, 0) is 55.7 Å². The van der Waals surface area contributed by atoms with Crippen LogP contribution in [0, 0.1) is 17.2 Å². The lowest BCUT2D eigenvalue weighted by Gasteiger charge is -2.27. The van der Waals surface area contributed by atoms with Crippen molar-refractivity contribution in [1.29, 1.82) is 5.26 Å². The van der Waals surface area contributed by atoms with E-state index in [-0.39, 0.29) is 47.3 Å². The van der Waals surface area contributed by atoms with Gasteiger partial charge in [0.05, 0.1) is 10.9 Å². The van der Waals surface area contributed by atoms with Crippen LogP contribution < -0.4 is 10.1 Å². The van der Waals surface area contributed by atoms with E-state index < -0.39 is 52.4 Å². The molecule has 0 aliphatic heterocycles. The van der Waals surface area contributed by atoms with Gasteiger partial charge in [0.25, 0.3) is 5.91 Å². The van der Waals surface area contributed by atoms with Gasteiger partial charge in [-0.3, -0.25) is 9.36 Å². The lowest BCUT2D eigenvalue weighted by molar-refractivity contribution is -0.134. The fraction of sp³-hybridized carbons (Fsp3) is 0.560. The lowest BCUT2D eigenvalue weighted by Crippen LogP contribution is -2.34. The second kappa shape index (κ2) is 12.3. The minimum atomic E-state index is -4.44. The minimum absolute atomic E-state index is 0.0421. The van der Waals surface area contributed by atoms with Gasteiger partial charge in [0.15, 0.2) is 11.4 Å². The van der Waals surface area contributed by atoms with E-state index in [9.17, 15) is 40.4 Å². The molecule has 214 valence electrons. The number of nitrogens with zero attached hydrogens (tertiary/aromatic N) is 3. The van der Waals surface area contributed by atoms with Gasteiger partial charge in [0.1, 0.15) is 27.5 Å². The first-order valence-corrected chi connectivity index (χ1v) is 14.3. The molecule has 0 saturated heterocycles. The number of hydrogen-bond acceptors (Lipinski definition) is 6. The average molecular weight is 577 g/mol. The van der Waals surface area contributed by atoms with Crippen molar-refractivity contribution in [3.05, 3.63) is 41.0 Å². The molecule has 8 nitrogen and oxygen atoms in total. The molecule has 39 heavy (non-hydrogen) atoms. The topological polar surface area (TPSA) is 114 Å². The summed E-state index contributed by atoms with van der Waals surface area (Å²) in [6, 6.07) is 5.51. The number of rotatable bonds is 10. The summed E-state index contributed by atoms with van der Waals surface area (Å²) in [5.74, 6) is -0.890. The molecule has 1 aliphatic rings. The number of nitriles is 1. The van der Waals surface area contributed by atoms with E-state index >= 15 is 0 Å². The number of benzene rings is 1. The summed E-state index contributed by atoms with van der Waals surface area (Å²) in [5, 5.41) is 12.2. The Hall–Kier alpha value is -3.21. The van der Waals surface area contributed by atoms with Gasteiger partial charge in [-0.1, -0.05) is 13.0 Å². The number of imidazole rings is 1. The van der Waals surface area contributed by atoms with Crippen LogP contribution in [0.5, 0.6) is 5.75 Å². The molecule has 3 rings (SSSR count). The summed E-state index contributed by atoms with van der Waals surface area (Å²) in [6.07, 6.45) is -2.47. The van der Waals surface area contributed by atoms with Crippen LogP contribution in [0.4, 0.5) is 22.0 Å². The third kappa shape index (κ3) is 7.90. The molecule has 14 heteroatoms. The summed E-state index contributed by atoms with van der Waals surface area (Å²) in [4.78, 5) is 17.3. The van der Waals surface area contributed by atoms with E-state index in [0.717, 1.165) is 6.07 Å². The Morgan fingerprint density at radius 1 is 1.26 bits per heavy atom. The van der Waals surface area contributed by atoms with Crippen molar-refractivity contribution in [3.8, 4) is 17.5 Å². The first-order chi connectivity index (χ1) is 18.2. The first-order valence-electron chi connectivity index (χ1n) is 12.4. The van der Waals surface area contributed by atoms with E-state index in [0.29, 0.717) is 25.7 Å². The van der Waals surface area contributed by atoms with Crippen LogP contribution in [0.15, 0.2) is 18.2 Å². The second-order valence-corrected chi connectivity index (χ2v) is 11.8. The lowest BCUT2D eigenvalue weighted by atomic mass is 9.89. The number of halogens is 5. The molecule has 1 heterocycles. The Morgan fingerprint density at radius 2 is 1.92 bits per heavy atom. The van der Waals surface area contributed by atoms with Crippen LogP contribution in [-0.4, -0.2) is 54.7 Å². The van der Waals surface area contributed by atoms with Crippen LogP contribution >= 0.6 is 0 Å². The molecule has 1 aromatic heterocycles. The number of alkyl halides is 5. The van der Waals surface area contributed by atoms with E-state index in [1.54, 1.807) is 6.92 Å². The van der Waals surface area contributed by atoms with Gasteiger partial charge >= 0.3 is 12.8 Å². The van der Waals surface area contributed by atoms with E-state index in [1.807, 2.05) is 6.07 Å². The largest absolute Gasteiger partial charge is 0.433 e. The number of carbonyl (C=O) groups is 1. The van der Waals surface area contributed by atoms with Crippen LogP contribution in [0.2, 0.25) is 0 Å². The summed E-state index contributed by atoms with van der Waals surface area (Å²) in [5.41, 5.74) is -0.437. The van der Waals surface area contributed by atoms with Gasteiger partial charge in [-0.2, -0.15) is 27.2 Å². The van der Waals surface area contributed by atoms with Crippen molar-refractivity contribution < 1.29 is 39.9 Å². The molecule has 1 aromatic carbocycles. The third-order valence-electron chi connectivity index (χ3n) is 6.71. The zero-order chi connectivity index (χ0) is 29.0. The van der Waals surface area contributed by atoms with E-state index in [4.69, 9.17) is 0 Å². The molecule has 1 fully saturated rings. The maximum atomic E-state index is 13.2. The van der Waals surface area contributed by atoms with Gasteiger partial charge in [0, 0.05) is 25.6 Å². The molecule has 0 radical (unpaired) electrons. The smallest absolute Gasteiger partial charge is 0.389 e. The molecule has 2 aromatic rings. The Balaban J connectivity index is 1.87. The van der Waals surface area contributed by atoms with Crippen molar-refractivity contribution in [2.45, 2.75) is 69.9 Å². The average Bonchev–Trinajstić information content (AvgIpc) is 3.23. The highest BCUT2D eigenvalue weighted by molar-refractivity contribution is 7.91. The Morgan fingerprint density at radius 3 is 2.46 bits per heavy atom.